The van der Waals surface area contributed by atoms with Crippen molar-refractivity contribution in [3.63, 3.8) is 0 Å². The Morgan fingerprint density at radius 1 is 1.50 bits per heavy atom. The highest BCUT2D eigenvalue weighted by molar-refractivity contribution is 5.97. The first kappa shape index (κ1) is 13.1. The second-order valence-corrected chi connectivity index (χ2v) is 5.26. The molecule has 0 saturated carbocycles. The minimum Gasteiger partial charge on any atom is -0.461 e. The number of hydrogen-bond acceptors (Lipinski definition) is 3. The fourth-order valence-corrected chi connectivity index (χ4v) is 2.56. The first-order valence-electron chi connectivity index (χ1n) is 6.77. The molecule has 2 heterocycles. The summed E-state index contributed by atoms with van der Waals surface area (Å²) in [5.41, 5.74) is 1.37. The number of benzene rings is 1. The summed E-state index contributed by atoms with van der Waals surface area (Å²) in [4.78, 5) is 12.1. The maximum absolute atomic E-state index is 13.0. The van der Waals surface area contributed by atoms with E-state index in [4.69, 9.17) is 4.42 Å². The zero-order valence-corrected chi connectivity index (χ0v) is 11.3. The van der Waals surface area contributed by atoms with Crippen molar-refractivity contribution in [2.75, 3.05) is 13.1 Å². The first-order valence-corrected chi connectivity index (χ1v) is 6.77. The Morgan fingerprint density at radius 2 is 2.35 bits per heavy atom. The SMILES string of the molecule is Cc1cc2cc(C(=O)NC[C@@H]3C[C@H](F)CN3)ccc2o1. The molecule has 2 aromatic rings. The summed E-state index contributed by atoms with van der Waals surface area (Å²) >= 11 is 0. The number of alkyl halides is 1. The average molecular weight is 276 g/mol. The number of fused-ring (bicyclic) bond motifs is 1. The molecule has 1 aromatic heterocycles. The van der Waals surface area contributed by atoms with Crippen LogP contribution in [0.4, 0.5) is 4.39 Å². The molecule has 1 saturated heterocycles. The Labute approximate surface area is 116 Å². The van der Waals surface area contributed by atoms with Crippen molar-refractivity contribution in [1.82, 2.24) is 10.6 Å². The van der Waals surface area contributed by atoms with Crippen molar-refractivity contribution >= 4 is 16.9 Å². The number of amides is 1. The van der Waals surface area contributed by atoms with Crippen molar-refractivity contribution in [1.29, 1.82) is 0 Å². The molecule has 0 spiro atoms. The van der Waals surface area contributed by atoms with Gasteiger partial charge in [-0.2, -0.15) is 0 Å². The summed E-state index contributed by atoms with van der Waals surface area (Å²) in [6, 6.07) is 7.26. The molecule has 0 unspecified atom stereocenters. The van der Waals surface area contributed by atoms with Gasteiger partial charge in [0, 0.05) is 30.1 Å². The largest absolute Gasteiger partial charge is 0.461 e. The van der Waals surface area contributed by atoms with Gasteiger partial charge in [-0.3, -0.25) is 4.79 Å². The lowest BCUT2D eigenvalue weighted by atomic mass is 10.1. The van der Waals surface area contributed by atoms with Crippen molar-refractivity contribution in [3.05, 3.63) is 35.6 Å². The Hall–Kier alpha value is -1.88. The quantitative estimate of drug-likeness (QED) is 0.903. The number of halogens is 1. The van der Waals surface area contributed by atoms with E-state index in [0.29, 0.717) is 25.1 Å². The summed E-state index contributed by atoms with van der Waals surface area (Å²) in [5.74, 6) is 0.677. The molecule has 1 fully saturated rings. The molecule has 1 amide bonds. The minimum absolute atomic E-state index is 0.0221. The fraction of sp³-hybridized carbons (Fsp3) is 0.400. The molecule has 20 heavy (non-hydrogen) atoms. The van der Waals surface area contributed by atoms with E-state index >= 15 is 0 Å². The van der Waals surface area contributed by atoms with Crippen molar-refractivity contribution in [2.24, 2.45) is 0 Å². The molecule has 2 atom stereocenters. The summed E-state index contributed by atoms with van der Waals surface area (Å²) in [6.45, 7) is 2.70. The van der Waals surface area contributed by atoms with Crippen LogP contribution in [0.15, 0.2) is 28.7 Å². The highest BCUT2D eigenvalue weighted by atomic mass is 19.1. The second-order valence-electron chi connectivity index (χ2n) is 5.26. The molecule has 0 bridgehead atoms. The maximum atomic E-state index is 13.0. The number of rotatable bonds is 3. The van der Waals surface area contributed by atoms with E-state index in [1.54, 1.807) is 18.2 Å². The Bertz CT molecular complexity index is 638. The van der Waals surface area contributed by atoms with Crippen LogP contribution in [0.5, 0.6) is 0 Å². The molecule has 3 rings (SSSR count). The van der Waals surface area contributed by atoms with E-state index in [9.17, 15) is 9.18 Å². The molecular weight excluding hydrogens is 259 g/mol. The van der Waals surface area contributed by atoms with Gasteiger partial charge in [-0.15, -0.1) is 0 Å². The highest BCUT2D eigenvalue weighted by Gasteiger charge is 2.23. The van der Waals surface area contributed by atoms with Crippen LogP contribution in [0.2, 0.25) is 0 Å². The van der Waals surface area contributed by atoms with E-state index in [1.165, 1.54) is 0 Å². The molecule has 0 radical (unpaired) electrons. The molecular formula is C15H17FN2O2. The zero-order valence-electron chi connectivity index (χ0n) is 11.3. The summed E-state index contributed by atoms with van der Waals surface area (Å²) < 4.78 is 18.5. The minimum atomic E-state index is -0.804. The van der Waals surface area contributed by atoms with Gasteiger partial charge in [-0.25, -0.2) is 4.39 Å². The lowest BCUT2D eigenvalue weighted by molar-refractivity contribution is 0.0950. The van der Waals surface area contributed by atoms with Crippen LogP contribution >= 0.6 is 0 Å². The van der Waals surface area contributed by atoms with Gasteiger partial charge in [0.1, 0.15) is 17.5 Å². The van der Waals surface area contributed by atoms with Crippen LogP contribution in [0.25, 0.3) is 11.0 Å². The van der Waals surface area contributed by atoms with Crippen LogP contribution in [-0.2, 0) is 0 Å². The Kier molecular flexibility index (Phi) is 3.44. The molecule has 5 heteroatoms. The van der Waals surface area contributed by atoms with E-state index in [2.05, 4.69) is 10.6 Å². The van der Waals surface area contributed by atoms with Gasteiger partial charge >= 0.3 is 0 Å². The third-order valence-electron chi connectivity index (χ3n) is 3.58. The number of furan rings is 1. The molecule has 0 aliphatic carbocycles. The smallest absolute Gasteiger partial charge is 0.251 e. The van der Waals surface area contributed by atoms with Gasteiger partial charge in [-0.05, 0) is 37.6 Å². The predicted octanol–water partition coefficient (Wildman–Crippen LogP) is 2.17. The lowest BCUT2D eigenvalue weighted by Crippen LogP contribution is -2.37. The summed E-state index contributed by atoms with van der Waals surface area (Å²) in [5, 5.41) is 6.79. The topological polar surface area (TPSA) is 54.3 Å². The fourth-order valence-electron chi connectivity index (χ4n) is 2.56. The second kappa shape index (κ2) is 5.25. The van der Waals surface area contributed by atoms with E-state index in [-0.39, 0.29) is 11.9 Å². The monoisotopic (exact) mass is 276 g/mol. The summed E-state index contributed by atoms with van der Waals surface area (Å²) in [7, 11) is 0. The lowest BCUT2D eigenvalue weighted by Gasteiger charge is -2.11. The molecule has 1 aliphatic heterocycles. The number of carbonyl (C=O) groups excluding carboxylic acids is 1. The standard InChI is InChI=1S/C15H17FN2O2/c1-9-4-11-5-10(2-3-14(11)20-9)15(19)18-8-13-6-12(16)7-17-13/h2-5,12-13,17H,6-8H2,1H3,(H,18,19)/t12-,13-/m0/s1. The van der Waals surface area contributed by atoms with Gasteiger partial charge in [0.25, 0.3) is 5.91 Å². The van der Waals surface area contributed by atoms with Crippen LogP contribution < -0.4 is 10.6 Å². The van der Waals surface area contributed by atoms with Gasteiger partial charge in [0.15, 0.2) is 0 Å². The van der Waals surface area contributed by atoms with Crippen molar-refractivity contribution < 1.29 is 13.6 Å². The molecule has 2 N–H and O–H groups in total. The predicted molar refractivity (Wildman–Crippen MR) is 74.6 cm³/mol. The normalized spacial score (nSPS) is 22.3. The zero-order chi connectivity index (χ0) is 14.1. The number of carbonyl (C=O) groups is 1. The van der Waals surface area contributed by atoms with Crippen molar-refractivity contribution in [3.8, 4) is 0 Å². The Morgan fingerprint density at radius 3 is 3.10 bits per heavy atom. The maximum Gasteiger partial charge on any atom is 0.251 e. The average Bonchev–Trinajstić information content (AvgIpc) is 2.99. The van der Waals surface area contributed by atoms with Gasteiger partial charge < -0.3 is 15.1 Å². The molecule has 106 valence electrons. The van der Waals surface area contributed by atoms with E-state index in [0.717, 1.165) is 16.7 Å². The highest BCUT2D eigenvalue weighted by Crippen LogP contribution is 2.20. The van der Waals surface area contributed by atoms with E-state index < -0.39 is 6.17 Å². The van der Waals surface area contributed by atoms with Crippen LogP contribution in [0.1, 0.15) is 22.5 Å². The van der Waals surface area contributed by atoms with E-state index in [1.807, 2.05) is 13.0 Å². The van der Waals surface area contributed by atoms with Crippen LogP contribution in [0, 0.1) is 6.92 Å². The first-order chi connectivity index (χ1) is 9.61. The summed E-state index contributed by atoms with van der Waals surface area (Å²) in [6.07, 6.45) is -0.345. The van der Waals surface area contributed by atoms with Crippen LogP contribution in [-0.4, -0.2) is 31.2 Å². The Balaban J connectivity index is 1.65. The number of aryl methyl sites for hydroxylation is 1. The molecule has 4 nitrogen and oxygen atoms in total. The van der Waals surface area contributed by atoms with Gasteiger partial charge in [0.05, 0.1) is 0 Å². The number of nitrogens with one attached hydrogen (secondary N) is 2. The third-order valence-corrected chi connectivity index (χ3v) is 3.58. The van der Waals surface area contributed by atoms with Gasteiger partial charge in [0.2, 0.25) is 0 Å². The molecule has 1 aliphatic rings. The third kappa shape index (κ3) is 2.67. The molecule has 1 aromatic carbocycles. The number of hydrogen-bond donors (Lipinski definition) is 2. The van der Waals surface area contributed by atoms with Gasteiger partial charge in [-0.1, -0.05) is 0 Å². The van der Waals surface area contributed by atoms with Crippen molar-refractivity contribution in [2.45, 2.75) is 25.6 Å². The van der Waals surface area contributed by atoms with Crippen LogP contribution in [0.3, 0.4) is 0 Å².